The van der Waals surface area contributed by atoms with Gasteiger partial charge in [0.05, 0.1) is 22.4 Å². The molecule has 5 heteroatoms. The molecule has 1 N–H and O–H groups in total. The molecule has 0 saturated carbocycles. The molecule has 1 aromatic heterocycles. The second-order valence-electron chi connectivity index (χ2n) is 5.43. The fraction of sp³-hybridized carbons (Fsp3) is 0.643. The number of nitrogens with zero attached hydrogens (tertiary/aromatic N) is 1. The number of aromatic nitrogens is 1. The second-order valence-corrected chi connectivity index (χ2v) is 6.97. The first-order chi connectivity index (χ1) is 9.19. The Balaban J connectivity index is 1.72. The summed E-state index contributed by atoms with van der Waals surface area (Å²) in [4.78, 5) is 4.24. The van der Waals surface area contributed by atoms with E-state index in [1.807, 2.05) is 17.8 Å². The molecule has 3 rings (SSSR count). The maximum absolute atomic E-state index is 10.5. The summed E-state index contributed by atoms with van der Waals surface area (Å²) in [5.74, 6) is 2.47. The Bertz CT molecular complexity index is 434. The van der Waals surface area contributed by atoms with Crippen molar-refractivity contribution in [1.82, 2.24) is 4.98 Å². The molecule has 3 nitrogen and oxygen atoms in total. The predicted octanol–water partition coefficient (Wildman–Crippen LogP) is 3.07. The molecular formula is C14H18ClNO2S. The number of aliphatic hydroxyl groups excluding tert-OH is 1. The molecule has 2 fully saturated rings. The van der Waals surface area contributed by atoms with Crippen molar-refractivity contribution in [3.63, 3.8) is 0 Å². The smallest absolute Gasteiger partial charge is 0.0989 e. The van der Waals surface area contributed by atoms with Gasteiger partial charge in [-0.05, 0) is 43.1 Å². The predicted molar refractivity (Wildman–Crippen MR) is 77.6 cm³/mol. The summed E-state index contributed by atoms with van der Waals surface area (Å²) in [7, 11) is 0. The molecule has 0 aliphatic carbocycles. The minimum atomic E-state index is -0.511. The number of hydrogen-bond acceptors (Lipinski definition) is 4. The highest BCUT2D eigenvalue weighted by atomic mass is 35.5. The van der Waals surface area contributed by atoms with Gasteiger partial charge in [0, 0.05) is 18.6 Å². The fourth-order valence-corrected chi connectivity index (χ4v) is 4.49. The van der Waals surface area contributed by atoms with E-state index in [1.54, 1.807) is 12.3 Å². The van der Waals surface area contributed by atoms with Crippen LogP contribution in [0.5, 0.6) is 0 Å². The molecule has 3 heterocycles. The van der Waals surface area contributed by atoms with Gasteiger partial charge in [0.25, 0.3) is 0 Å². The van der Waals surface area contributed by atoms with Gasteiger partial charge in [-0.1, -0.05) is 11.6 Å². The van der Waals surface area contributed by atoms with Gasteiger partial charge in [-0.25, -0.2) is 0 Å². The zero-order valence-corrected chi connectivity index (χ0v) is 12.3. The molecule has 19 heavy (non-hydrogen) atoms. The van der Waals surface area contributed by atoms with Crippen LogP contribution in [0, 0.1) is 5.92 Å². The van der Waals surface area contributed by atoms with Crippen LogP contribution in [-0.4, -0.2) is 33.8 Å². The van der Waals surface area contributed by atoms with Gasteiger partial charge in [0.15, 0.2) is 0 Å². The molecule has 0 aromatic carbocycles. The van der Waals surface area contributed by atoms with Crippen molar-refractivity contribution in [2.75, 3.05) is 18.1 Å². The van der Waals surface area contributed by atoms with E-state index in [0.29, 0.717) is 5.02 Å². The van der Waals surface area contributed by atoms with E-state index in [9.17, 15) is 5.11 Å². The molecule has 3 atom stereocenters. The van der Waals surface area contributed by atoms with Crippen LogP contribution in [0.15, 0.2) is 18.3 Å². The first-order valence-corrected chi connectivity index (χ1v) is 8.23. The van der Waals surface area contributed by atoms with Gasteiger partial charge in [0.1, 0.15) is 0 Å². The highest BCUT2D eigenvalue weighted by molar-refractivity contribution is 7.99. The summed E-state index contributed by atoms with van der Waals surface area (Å²) in [6.07, 6.45) is 4.03. The van der Waals surface area contributed by atoms with Crippen molar-refractivity contribution in [3.8, 4) is 0 Å². The third kappa shape index (κ3) is 2.92. The summed E-state index contributed by atoms with van der Waals surface area (Å²) in [5.41, 5.74) is 0.721. The molecule has 2 saturated heterocycles. The van der Waals surface area contributed by atoms with E-state index in [2.05, 4.69) is 4.98 Å². The number of halogens is 1. The summed E-state index contributed by atoms with van der Waals surface area (Å²) in [6.45, 7) is 0.746. The Labute approximate surface area is 122 Å². The summed E-state index contributed by atoms with van der Waals surface area (Å²) in [5, 5.41) is 11.1. The number of ether oxygens (including phenoxy) is 1. The highest BCUT2D eigenvalue weighted by Crippen LogP contribution is 2.43. The quantitative estimate of drug-likeness (QED) is 0.911. The van der Waals surface area contributed by atoms with Crippen LogP contribution in [0.3, 0.4) is 0 Å². The van der Waals surface area contributed by atoms with Crippen molar-refractivity contribution in [3.05, 3.63) is 29.0 Å². The molecule has 0 radical (unpaired) electrons. The van der Waals surface area contributed by atoms with Crippen molar-refractivity contribution in [1.29, 1.82) is 0 Å². The van der Waals surface area contributed by atoms with E-state index in [-0.39, 0.29) is 11.5 Å². The second kappa shape index (κ2) is 5.60. The first-order valence-electron chi connectivity index (χ1n) is 6.70. The van der Waals surface area contributed by atoms with Gasteiger partial charge in [-0.2, -0.15) is 11.8 Å². The van der Waals surface area contributed by atoms with Crippen molar-refractivity contribution in [2.45, 2.75) is 31.0 Å². The van der Waals surface area contributed by atoms with Crippen LogP contribution in [-0.2, 0) is 4.74 Å². The normalized spacial score (nSPS) is 32.6. The summed E-state index contributed by atoms with van der Waals surface area (Å²) >= 11 is 7.78. The van der Waals surface area contributed by atoms with E-state index >= 15 is 0 Å². The van der Waals surface area contributed by atoms with Crippen LogP contribution in [0.2, 0.25) is 5.02 Å². The number of thioether (sulfide) groups is 1. The van der Waals surface area contributed by atoms with Crippen molar-refractivity contribution in [2.24, 2.45) is 5.92 Å². The van der Waals surface area contributed by atoms with E-state index < -0.39 is 6.10 Å². The number of hydrogen-bond donors (Lipinski definition) is 1. The van der Waals surface area contributed by atoms with Gasteiger partial charge in [-0.15, -0.1) is 0 Å². The molecule has 1 aromatic rings. The van der Waals surface area contributed by atoms with E-state index in [4.69, 9.17) is 16.3 Å². The molecule has 1 spiro atoms. The standard InChI is InChI=1S/C14H18ClNO2S/c15-11-1-2-12(16-8-11)13(17)10-3-5-18-14(7-10)4-6-19-9-14/h1-2,8,10,13,17H,3-7,9H2. The largest absolute Gasteiger partial charge is 0.387 e. The monoisotopic (exact) mass is 299 g/mol. The van der Waals surface area contributed by atoms with Gasteiger partial charge < -0.3 is 9.84 Å². The van der Waals surface area contributed by atoms with Gasteiger partial charge >= 0.3 is 0 Å². The van der Waals surface area contributed by atoms with E-state index in [0.717, 1.165) is 37.3 Å². The number of rotatable bonds is 2. The molecule has 2 aliphatic heterocycles. The zero-order valence-electron chi connectivity index (χ0n) is 10.7. The lowest BCUT2D eigenvalue weighted by Crippen LogP contribution is -2.41. The number of pyridine rings is 1. The Morgan fingerprint density at radius 3 is 3.11 bits per heavy atom. The Morgan fingerprint density at radius 2 is 2.42 bits per heavy atom. The average molecular weight is 300 g/mol. The van der Waals surface area contributed by atoms with Crippen LogP contribution < -0.4 is 0 Å². The van der Waals surface area contributed by atoms with Crippen LogP contribution in [0.1, 0.15) is 31.1 Å². The Kier molecular flexibility index (Phi) is 4.03. The third-order valence-electron chi connectivity index (χ3n) is 4.10. The summed E-state index contributed by atoms with van der Waals surface area (Å²) in [6, 6.07) is 3.60. The lowest BCUT2D eigenvalue weighted by molar-refractivity contribution is -0.102. The van der Waals surface area contributed by atoms with E-state index in [1.165, 1.54) is 5.75 Å². The molecule has 0 bridgehead atoms. The average Bonchev–Trinajstić information content (AvgIpc) is 2.87. The molecule has 104 valence electrons. The Morgan fingerprint density at radius 1 is 1.53 bits per heavy atom. The lowest BCUT2D eigenvalue weighted by Gasteiger charge is -2.39. The maximum atomic E-state index is 10.5. The first kappa shape index (κ1) is 13.7. The molecule has 0 amide bonds. The van der Waals surface area contributed by atoms with Crippen molar-refractivity contribution >= 4 is 23.4 Å². The maximum Gasteiger partial charge on any atom is 0.0989 e. The van der Waals surface area contributed by atoms with Gasteiger partial charge in [-0.3, -0.25) is 4.98 Å². The molecular weight excluding hydrogens is 282 g/mol. The van der Waals surface area contributed by atoms with Crippen LogP contribution in [0.25, 0.3) is 0 Å². The lowest BCUT2D eigenvalue weighted by atomic mass is 9.81. The van der Waals surface area contributed by atoms with Crippen molar-refractivity contribution < 1.29 is 9.84 Å². The molecule has 2 aliphatic rings. The fourth-order valence-electron chi connectivity index (χ4n) is 3.00. The minimum Gasteiger partial charge on any atom is -0.387 e. The van der Waals surface area contributed by atoms with Crippen LogP contribution >= 0.6 is 23.4 Å². The zero-order chi connectivity index (χ0) is 13.3. The topological polar surface area (TPSA) is 42.4 Å². The number of aliphatic hydroxyl groups is 1. The molecule has 3 unspecified atom stereocenters. The summed E-state index contributed by atoms with van der Waals surface area (Å²) < 4.78 is 5.99. The van der Waals surface area contributed by atoms with Gasteiger partial charge in [0.2, 0.25) is 0 Å². The SMILES string of the molecule is OC(c1ccc(Cl)cn1)C1CCOC2(CCSC2)C1. The third-order valence-corrected chi connectivity index (χ3v) is 5.54. The van der Waals surface area contributed by atoms with Crippen LogP contribution in [0.4, 0.5) is 0 Å². The Hall–Kier alpha value is -0.290. The minimum absolute atomic E-state index is 0.000981. The highest BCUT2D eigenvalue weighted by Gasteiger charge is 2.42.